The van der Waals surface area contributed by atoms with Crippen LogP contribution in [0.25, 0.3) is 0 Å². The molecule has 0 aromatic heterocycles. The van der Waals surface area contributed by atoms with Crippen molar-refractivity contribution in [3.8, 4) is 0 Å². The number of aliphatic carboxylic acids is 1. The molecule has 0 saturated carbocycles. The monoisotopic (exact) mass is 234 g/mol. The van der Waals surface area contributed by atoms with E-state index >= 15 is 0 Å². The molecular weight excluding hydrogens is 216 g/mol. The Morgan fingerprint density at radius 1 is 1.29 bits per heavy atom. The standard InChI is InChI=1S/C14H18O3/c1-2-14(17,13(15)16)12-8-7-10-5-3-4-6-11(10)9-12/h7-9,17H,2-6H2,1H3,(H,15,16). The van der Waals surface area contributed by atoms with Crippen LogP contribution in [0.2, 0.25) is 0 Å². The van der Waals surface area contributed by atoms with E-state index < -0.39 is 11.6 Å². The number of carboxylic acid groups (broad SMARTS) is 1. The minimum atomic E-state index is -1.74. The van der Waals surface area contributed by atoms with E-state index in [1.807, 2.05) is 12.1 Å². The van der Waals surface area contributed by atoms with Gasteiger partial charge in [0.15, 0.2) is 5.60 Å². The molecule has 0 bridgehead atoms. The van der Waals surface area contributed by atoms with Crippen molar-refractivity contribution < 1.29 is 15.0 Å². The zero-order chi connectivity index (χ0) is 12.5. The van der Waals surface area contributed by atoms with Crippen molar-refractivity contribution in [1.82, 2.24) is 0 Å². The van der Waals surface area contributed by atoms with Gasteiger partial charge in [-0.2, -0.15) is 0 Å². The summed E-state index contributed by atoms with van der Waals surface area (Å²) in [5.41, 5.74) is 1.26. The number of aryl methyl sites for hydroxylation is 2. The third-order valence-corrected chi connectivity index (χ3v) is 3.69. The van der Waals surface area contributed by atoms with Crippen molar-refractivity contribution in [2.75, 3.05) is 0 Å². The van der Waals surface area contributed by atoms with Gasteiger partial charge in [-0.25, -0.2) is 4.79 Å². The molecule has 1 aromatic carbocycles. The van der Waals surface area contributed by atoms with E-state index in [0.717, 1.165) is 19.3 Å². The molecule has 2 rings (SSSR count). The van der Waals surface area contributed by atoms with E-state index in [1.54, 1.807) is 13.0 Å². The van der Waals surface area contributed by atoms with E-state index in [0.29, 0.717) is 5.56 Å². The van der Waals surface area contributed by atoms with Crippen LogP contribution in [0.5, 0.6) is 0 Å². The van der Waals surface area contributed by atoms with Crippen LogP contribution in [0.15, 0.2) is 18.2 Å². The van der Waals surface area contributed by atoms with E-state index in [9.17, 15) is 9.90 Å². The van der Waals surface area contributed by atoms with Crippen LogP contribution in [0, 0.1) is 0 Å². The summed E-state index contributed by atoms with van der Waals surface area (Å²) in [7, 11) is 0. The lowest BCUT2D eigenvalue weighted by atomic mass is 9.85. The van der Waals surface area contributed by atoms with E-state index in [4.69, 9.17) is 5.11 Å². The number of hydrogen-bond donors (Lipinski definition) is 2. The number of carboxylic acids is 1. The van der Waals surface area contributed by atoms with Crippen LogP contribution in [-0.2, 0) is 23.2 Å². The number of aliphatic hydroxyl groups is 1. The number of rotatable bonds is 3. The van der Waals surface area contributed by atoms with Gasteiger partial charge in [0.2, 0.25) is 0 Å². The van der Waals surface area contributed by atoms with Gasteiger partial charge in [0.05, 0.1) is 0 Å². The molecule has 0 aliphatic heterocycles. The summed E-state index contributed by atoms with van der Waals surface area (Å²) in [6.07, 6.45) is 4.58. The normalized spacial score (nSPS) is 18.2. The van der Waals surface area contributed by atoms with Crippen molar-refractivity contribution in [3.05, 3.63) is 34.9 Å². The van der Waals surface area contributed by atoms with Gasteiger partial charge in [0.1, 0.15) is 0 Å². The smallest absolute Gasteiger partial charge is 0.340 e. The third kappa shape index (κ3) is 2.07. The SMILES string of the molecule is CCC(O)(C(=O)O)c1ccc2c(c1)CCCC2. The van der Waals surface area contributed by atoms with Crippen LogP contribution in [0.4, 0.5) is 0 Å². The zero-order valence-electron chi connectivity index (χ0n) is 10.1. The quantitative estimate of drug-likeness (QED) is 0.843. The Balaban J connectivity index is 2.42. The first-order valence-electron chi connectivity index (χ1n) is 6.16. The molecular formula is C14H18O3. The van der Waals surface area contributed by atoms with Gasteiger partial charge < -0.3 is 10.2 Å². The Hall–Kier alpha value is -1.35. The molecule has 1 unspecified atom stereocenters. The van der Waals surface area contributed by atoms with Gasteiger partial charge >= 0.3 is 5.97 Å². The number of fused-ring (bicyclic) bond motifs is 1. The largest absolute Gasteiger partial charge is 0.479 e. The Labute approximate surface area is 101 Å². The lowest BCUT2D eigenvalue weighted by Crippen LogP contribution is -2.35. The van der Waals surface area contributed by atoms with E-state index in [2.05, 4.69) is 0 Å². The summed E-state index contributed by atoms with van der Waals surface area (Å²) in [6, 6.07) is 5.58. The molecule has 1 atom stereocenters. The molecule has 1 aliphatic carbocycles. The summed E-state index contributed by atoms with van der Waals surface area (Å²) in [6.45, 7) is 1.69. The van der Waals surface area contributed by atoms with Gasteiger partial charge in [-0.3, -0.25) is 0 Å². The van der Waals surface area contributed by atoms with Crippen molar-refractivity contribution in [3.63, 3.8) is 0 Å². The van der Waals surface area contributed by atoms with Gasteiger partial charge in [0.25, 0.3) is 0 Å². The molecule has 0 saturated heterocycles. The van der Waals surface area contributed by atoms with Crippen molar-refractivity contribution in [2.24, 2.45) is 0 Å². The molecule has 1 aliphatic rings. The Kier molecular flexibility index (Phi) is 3.20. The van der Waals surface area contributed by atoms with Crippen LogP contribution in [-0.4, -0.2) is 16.2 Å². The van der Waals surface area contributed by atoms with E-state index in [-0.39, 0.29) is 6.42 Å². The second-order valence-corrected chi connectivity index (χ2v) is 4.71. The van der Waals surface area contributed by atoms with Gasteiger partial charge in [-0.1, -0.05) is 25.1 Å². The van der Waals surface area contributed by atoms with Crippen molar-refractivity contribution in [2.45, 2.75) is 44.6 Å². The first kappa shape index (κ1) is 12.1. The first-order chi connectivity index (χ1) is 8.08. The summed E-state index contributed by atoms with van der Waals surface area (Å²) < 4.78 is 0. The fourth-order valence-electron chi connectivity index (χ4n) is 2.47. The molecule has 3 heteroatoms. The van der Waals surface area contributed by atoms with Crippen molar-refractivity contribution in [1.29, 1.82) is 0 Å². The summed E-state index contributed by atoms with van der Waals surface area (Å²) in [5.74, 6) is -1.17. The molecule has 17 heavy (non-hydrogen) atoms. The number of hydrogen-bond acceptors (Lipinski definition) is 2. The van der Waals surface area contributed by atoms with Crippen LogP contribution < -0.4 is 0 Å². The van der Waals surface area contributed by atoms with Crippen molar-refractivity contribution >= 4 is 5.97 Å². The fourth-order valence-corrected chi connectivity index (χ4v) is 2.47. The molecule has 0 radical (unpaired) electrons. The van der Waals surface area contributed by atoms with E-state index in [1.165, 1.54) is 17.5 Å². The maximum absolute atomic E-state index is 11.2. The Morgan fingerprint density at radius 3 is 2.53 bits per heavy atom. The minimum Gasteiger partial charge on any atom is -0.479 e. The second kappa shape index (κ2) is 4.49. The predicted molar refractivity (Wildman–Crippen MR) is 64.9 cm³/mol. The highest BCUT2D eigenvalue weighted by atomic mass is 16.4. The van der Waals surface area contributed by atoms with Crippen LogP contribution in [0.3, 0.4) is 0 Å². The lowest BCUT2D eigenvalue weighted by Gasteiger charge is -2.25. The molecule has 3 nitrogen and oxygen atoms in total. The molecule has 0 heterocycles. The fraction of sp³-hybridized carbons (Fsp3) is 0.500. The Bertz CT molecular complexity index is 439. The molecule has 0 spiro atoms. The van der Waals surface area contributed by atoms with Gasteiger partial charge in [-0.05, 0) is 48.8 Å². The molecule has 0 fully saturated rings. The summed E-state index contributed by atoms with van der Waals surface area (Å²) in [5, 5.41) is 19.3. The Morgan fingerprint density at radius 2 is 1.94 bits per heavy atom. The number of carbonyl (C=O) groups is 1. The third-order valence-electron chi connectivity index (χ3n) is 3.69. The first-order valence-corrected chi connectivity index (χ1v) is 6.16. The highest BCUT2D eigenvalue weighted by Gasteiger charge is 2.36. The molecule has 0 amide bonds. The highest BCUT2D eigenvalue weighted by molar-refractivity contribution is 5.79. The number of benzene rings is 1. The summed E-state index contributed by atoms with van der Waals surface area (Å²) >= 11 is 0. The maximum Gasteiger partial charge on any atom is 0.340 e. The summed E-state index contributed by atoms with van der Waals surface area (Å²) in [4.78, 5) is 11.2. The molecule has 1 aromatic rings. The minimum absolute atomic E-state index is 0.182. The van der Waals surface area contributed by atoms with Crippen LogP contribution >= 0.6 is 0 Å². The molecule has 2 N–H and O–H groups in total. The zero-order valence-corrected chi connectivity index (χ0v) is 10.1. The van der Waals surface area contributed by atoms with Gasteiger partial charge in [0, 0.05) is 0 Å². The average molecular weight is 234 g/mol. The average Bonchev–Trinajstić information content (AvgIpc) is 2.37. The molecule has 92 valence electrons. The van der Waals surface area contributed by atoms with Crippen LogP contribution in [0.1, 0.15) is 42.9 Å². The maximum atomic E-state index is 11.2. The highest BCUT2D eigenvalue weighted by Crippen LogP contribution is 2.30. The topological polar surface area (TPSA) is 57.5 Å². The van der Waals surface area contributed by atoms with Gasteiger partial charge in [-0.15, -0.1) is 0 Å². The second-order valence-electron chi connectivity index (χ2n) is 4.71. The lowest BCUT2D eigenvalue weighted by molar-refractivity contribution is -0.160. The predicted octanol–water partition coefficient (Wildman–Crippen LogP) is 2.25.